The molecular weight excluding hydrogens is 344 g/mol. The smallest absolute Gasteiger partial charge is 0.355 e. The second-order valence-electron chi connectivity index (χ2n) is 6.89. The summed E-state index contributed by atoms with van der Waals surface area (Å²) in [6.45, 7) is 2.85. The van der Waals surface area contributed by atoms with Crippen molar-refractivity contribution >= 4 is 23.9 Å². The Labute approximate surface area is 160 Å². The molecule has 2 N–H and O–H groups in total. The van der Waals surface area contributed by atoms with Crippen molar-refractivity contribution in [1.82, 2.24) is 10.6 Å². The molecule has 0 aliphatic heterocycles. The maximum absolute atomic E-state index is 12.5. The lowest BCUT2D eigenvalue weighted by Gasteiger charge is -2.20. The Morgan fingerprint density at radius 3 is 2.30 bits per heavy atom. The van der Waals surface area contributed by atoms with Gasteiger partial charge in [0.05, 0.1) is 0 Å². The number of benzene rings is 1. The van der Waals surface area contributed by atoms with Gasteiger partial charge in [-0.05, 0) is 31.4 Å². The Morgan fingerprint density at radius 2 is 1.70 bits per heavy atom. The average Bonchev–Trinajstić information content (AvgIpc) is 2.90. The Morgan fingerprint density at radius 1 is 1.07 bits per heavy atom. The van der Waals surface area contributed by atoms with E-state index in [-0.39, 0.29) is 23.6 Å². The molecule has 0 spiro atoms. The molecule has 2 amide bonds. The van der Waals surface area contributed by atoms with Gasteiger partial charge in [0.1, 0.15) is 5.70 Å². The van der Waals surface area contributed by atoms with E-state index in [4.69, 9.17) is 4.74 Å². The Kier molecular flexibility index (Phi) is 8.04. The molecule has 1 aliphatic carbocycles. The molecule has 0 heterocycles. The lowest BCUT2D eigenvalue weighted by molar-refractivity contribution is -0.152. The molecule has 0 saturated heterocycles. The van der Waals surface area contributed by atoms with Crippen LogP contribution in [0.15, 0.2) is 36.0 Å². The predicted octanol–water partition coefficient (Wildman–Crippen LogP) is 2.93. The first-order chi connectivity index (χ1) is 13.0. The molecule has 2 rings (SSSR count). The van der Waals surface area contributed by atoms with E-state index in [0.29, 0.717) is 0 Å². The van der Waals surface area contributed by atoms with E-state index in [1.54, 1.807) is 12.1 Å². The number of nitrogens with one attached hydrogen (secondary N) is 2. The van der Waals surface area contributed by atoms with Crippen molar-refractivity contribution in [3.8, 4) is 0 Å². The van der Waals surface area contributed by atoms with Gasteiger partial charge in [-0.15, -0.1) is 0 Å². The zero-order chi connectivity index (χ0) is 19.6. The minimum absolute atomic E-state index is 0.00261. The number of esters is 1. The summed E-state index contributed by atoms with van der Waals surface area (Å²) in [6, 6.07) is 9.25. The van der Waals surface area contributed by atoms with Gasteiger partial charge < -0.3 is 15.4 Å². The van der Waals surface area contributed by atoms with Gasteiger partial charge >= 0.3 is 5.97 Å². The highest BCUT2D eigenvalue weighted by Crippen LogP contribution is 2.17. The number of hydrogen-bond donors (Lipinski definition) is 2. The topological polar surface area (TPSA) is 84.5 Å². The minimum atomic E-state index is -0.936. The monoisotopic (exact) mass is 372 g/mol. The summed E-state index contributed by atoms with van der Waals surface area (Å²) in [5.74, 6) is -1.43. The molecule has 1 aliphatic rings. The number of carbonyl (C=O) groups excluding carboxylic acids is 3. The van der Waals surface area contributed by atoms with Gasteiger partial charge in [-0.1, -0.05) is 56.0 Å². The summed E-state index contributed by atoms with van der Waals surface area (Å²) in [4.78, 5) is 36.3. The molecule has 0 bridgehead atoms. The molecule has 0 unspecified atom stereocenters. The van der Waals surface area contributed by atoms with Gasteiger partial charge in [0.15, 0.2) is 6.10 Å². The van der Waals surface area contributed by atoms with Gasteiger partial charge in [-0.25, -0.2) is 4.79 Å². The van der Waals surface area contributed by atoms with Gasteiger partial charge in [0.2, 0.25) is 5.91 Å². The molecule has 0 radical (unpaired) electrons. The first-order valence-corrected chi connectivity index (χ1v) is 9.51. The molecule has 0 aromatic heterocycles. The Balaban J connectivity index is 1.99. The van der Waals surface area contributed by atoms with Crippen molar-refractivity contribution in [2.75, 3.05) is 0 Å². The van der Waals surface area contributed by atoms with E-state index in [0.717, 1.165) is 31.2 Å². The molecule has 27 heavy (non-hydrogen) atoms. The largest absolute Gasteiger partial charge is 0.448 e. The van der Waals surface area contributed by atoms with Crippen molar-refractivity contribution in [2.24, 2.45) is 0 Å². The maximum Gasteiger partial charge on any atom is 0.355 e. The first-order valence-electron chi connectivity index (χ1n) is 9.51. The van der Waals surface area contributed by atoms with Gasteiger partial charge in [-0.2, -0.15) is 0 Å². The van der Waals surface area contributed by atoms with Crippen molar-refractivity contribution in [2.45, 2.75) is 64.5 Å². The maximum atomic E-state index is 12.5. The highest BCUT2D eigenvalue weighted by Gasteiger charge is 2.23. The number of hydrogen-bond acceptors (Lipinski definition) is 4. The first kappa shape index (κ1) is 20.7. The quantitative estimate of drug-likeness (QED) is 0.457. The Bertz CT molecular complexity index is 677. The molecule has 146 valence electrons. The van der Waals surface area contributed by atoms with Crippen molar-refractivity contribution in [3.05, 3.63) is 41.6 Å². The van der Waals surface area contributed by atoms with Crippen LogP contribution in [0.4, 0.5) is 0 Å². The fourth-order valence-electron chi connectivity index (χ4n) is 3.07. The van der Waals surface area contributed by atoms with Crippen molar-refractivity contribution in [1.29, 1.82) is 0 Å². The SMILES string of the molecule is CC(=O)N/C(=C\c1ccccc1)C(=O)O[C@@H](C)C(=O)NC1CCCCCC1. The minimum Gasteiger partial charge on any atom is -0.448 e. The lowest BCUT2D eigenvalue weighted by Crippen LogP contribution is -2.42. The summed E-state index contributed by atoms with van der Waals surface area (Å²) in [5.41, 5.74) is 0.747. The van der Waals surface area contributed by atoms with Crippen LogP contribution in [0, 0.1) is 0 Å². The average molecular weight is 372 g/mol. The van der Waals surface area contributed by atoms with Crippen LogP contribution in [0.25, 0.3) is 6.08 Å². The number of amides is 2. The fraction of sp³-hybridized carbons (Fsp3) is 0.476. The van der Waals surface area contributed by atoms with Gasteiger partial charge in [0.25, 0.3) is 5.91 Å². The summed E-state index contributed by atoms with van der Waals surface area (Å²) in [7, 11) is 0. The van der Waals surface area contributed by atoms with Crippen LogP contribution in [0.2, 0.25) is 0 Å². The number of ether oxygens (including phenoxy) is 1. The van der Waals surface area contributed by atoms with Crippen LogP contribution in [-0.4, -0.2) is 29.9 Å². The molecule has 1 atom stereocenters. The fourth-order valence-corrected chi connectivity index (χ4v) is 3.07. The van der Waals surface area contributed by atoms with Crippen molar-refractivity contribution in [3.63, 3.8) is 0 Å². The van der Waals surface area contributed by atoms with E-state index < -0.39 is 12.1 Å². The second kappa shape index (κ2) is 10.5. The molecule has 1 aromatic rings. The van der Waals surface area contributed by atoms with E-state index in [2.05, 4.69) is 10.6 Å². The third-order valence-corrected chi connectivity index (χ3v) is 4.50. The molecule has 1 saturated carbocycles. The summed E-state index contributed by atoms with van der Waals surface area (Å²) in [5, 5.41) is 5.45. The van der Waals surface area contributed by atoms with Crippen LogP contribution >= 0.6 is 0 Å². The van der Waals surface area contributed by atoms with E-state index >= 15 is 0 Å². The van der Waals surface area contributed by atoms with E-state index in [1.807, 2.05) is 18.2 Å². The molecule has 6 heteroatoms. The lowest BCUT2D eigenvalue weighted by atomic mass is 10.1. The summed E-state index contributed by atoms with van der Waals surface area (Å²) in [6.07, 6.45) is 7.10. The van der Waals surface area contributed by atoms with Crippen molar-refractivity contribution < 1.29 is 19.1 Å². The van der Waals surface area contributed by atoms with Crippen LogP contribution in [0.3, 0.4) is 0 Å². The Hall–Kier alpha value is -2.63. The van der Waals surface area contributed by atoms with E-state index in [1.165, 1.54) is 32.8 Å². The van der Waals surface area contributed by atoms with Gasteiger partial charge in [0, 0.05) is 13.0 Å². The number of carbonyl (C=O) groups is 3. The zero-order valence-electron chi connectivity index (χ0n) is 16.0. The van der Waals surface area contributed by atoms with Gasteiger partial charge in [-0.3, -0.25) is 9.59 Å². The van der Waals surface area contributed by atoms with E-state index in [9.17, 15) is 14.4 Å². The third kappa shape index (κ3) is 7.25. The molecular formula is C21H28N2O4. The molecule has 1 fully saturated rings. The van der Waals surface area contributed by atoms with Crippen LogP contribution < -0.4 is 10.6 Å². The highest BCUT2D eigenvalue weighted by atomic mass is 16.5. The third-order valence-electron chi connectivity index (χ3n) is 4.50. The summed E-state index contributed by atoms with van der Waals surface area (Å²) >= 11 is 0. The number of rotatable bonds is 6. The zero-order valence-corrected chi connectivity index (χ0v) is 16.0. The highest BCUT2D eigenvalue weighted by molar-refractivity contribution is 5.98. The molecule has 1 aromatic carbocycles. The second-order valence-corrected chi connectivity index (χ2v) is 6.89. The predicted molar refractivity (Wildman–Crippen MR) is 103 cm³/mol. The van der Waals surface area contributed by atoms with Crippen LogP contribution in [-0.2, 0) is 19.1 Å². The summed E-state index contributed by atoms with van der Waals surface area (Å²) < 4.78 is 5.29. The standard InChI is InChI=1S/C21H28N2O4/c1-15(20(25)23-18-12-8-3-4-9-13-18)27-21(26)19(22-16(2)24)14-17-10-6-5-7-11-17/h5-7,10-11,14-15,18H,3-4,8-9,12-13H2,1-2H3,(H,22,24)(H,23,25)/b19-14-/t15-/m0/s1. The normalized spacial score (nSPS) is 16.7. The van der Waals surface area contributed by atoms with Crippen LogP contribution in [0.5, 0.6) is 0 Å². The molecule has 6 nitrogen and oxygen atoms in total. The van der Waals surface area contributed by atoms with Crippen LogP contribution in [0.1, 0.15) is 57.9 Å².